The van der Waals surface area contributed by atoms with Crippen LogP contribution in [-0.4, -0.2) is 20.8 Å². The molecule has 2 atom stereocenters. The highest BCUT2D eigenvalue weighted by molar-refractivity contribution is 5.78. The van der Waals surface area contributed by atoms with Gasteiger partial charge in [0.25, 0.3) is 0 Å². The summed E-state index contributed by atoms with van der Waals surface area (Å²) >= 11 is 0. The monoisotopic (exact) mass is 410 g/mol. The number of rotatable bonds is 3. The maximum Gasteiger partial charge on any atom is 0.150 e. The Morgan fingerprint density at radius 1 is 0.839 bits per heavy atom. The van der Waals surface area contributed by atoms with Gasteiger partial charge in [-0.05, 0) is 53.1 Å². The zero-order chi connectivity index (χ0) is 20.9. The van der Waals surface area contributed by atoms with E-state index in [-0.39, 0.29) is 12.0 Å². The fourth-order valence-corrected chi connectivity index (χ4v) is 4.70. The third-order valence-electron chi connectivity index (χ3n) is 6.36. The van der Waals surface area contributed by atoms with Crippen molar-refractivity contribution in [2.45, 2.75) is 12.0 Å². The molecule has 4 heteroatoms. The number of benzene rings is 3. The van der Waals surface area contributed by atoms with E-state index in [0.29, 0.717) is 6.61 Å². The maximum absolute atomic E-state index is 6.49. The van der Waals surface area contributed by atoms with E-state index in [4.69, 9.17) is 18.9 Å². The SMILES string of the molecule is COc1ccc(C2COc3c2ccc2c3C=C3C=Cc4ccc(OC)cc4C3O2)cc1. The van der Waals surface area contributed by atoms with E-state index in [9.17, 15) is 0 Å². The standard InChI is InChI=1S/C27H22O4/c1-28-19-8-5-17(6-9-19)24-15-30-27-21(24)11-12-25-23(27)13-18-4-3-16-7-10-20(29-2)14-22(16)26(18)31-25/h3-14,24,26H,15H2,1-2H3. The van der Waals surface area contributed by atoms with Gasteiger partial charge in [-0.15, -0.1) is 0 Å². The summed E-state index contributed by atoms with van der Waals surface area (Å²) in [6.07, 6.45) is 6.34. The van der Waals surface area contributed by atoms with Crippen LogP contribution in [0.2, 0.25) is 0 Å². The molecule has 1 aliphatic carbocycles. The Hall–Kier alpha value is -3.66. The Kier molecular flexibility index (Phi) is 4.06. The quantitative estimate of drug-likeness (QED) is 0.549. The maximum atomic E-state index is 6.49. The predicted molar refractivity (Wildman–Crippen MR) is 120 cm³/mol. The molecule has 2 unspecified atom stereocenters. The van der Waals surface area contributed by atoms with E-state index < -0.39 is 0 Å². The highest BCUT2D eigenvalue weighted by Crippen LogP contribution is 2.50. The molecule has 31 heavy (non-hydrogen) atoms. The molecule has 3 aromatic carbocycles. The van der Waals surface area contributed by atoms with Gasteiger partial charge in [-0.1, -0.05) is 36.4 Å². The first-order chi connectivity index (χ1) is 15.2. The lowest BCUT2D eigenvalue weighted by molar-refractivity contribution is 0.239. The second kappa shape index (κ2) is 6.95. The molecule has 0 bridgehead atoms. The average Bonchev–Trinajstić information content (AvgIpc) is 3.27. The number of methoxy groups -OCH3 is 2. The Balaban J connectivity index is 1.39. The zero-order valence-corrected chi connectivity index (χ0v) is 17.4. The van der Waals surface area contributed by atoms with E-state index in [1.807, 2.05) is 18.2 Å². The van der Waals surface area contributed by atoms with Gasteiger partial charge in [-0.25, -0.2) is 0 Å². The fraction of sp³-hybridized carbons (Fsp3) is 0.185. The van der Waals surface area contributed by atoms with Crippen molar-refractivity contribution in [1.29, 1.82) is 0 Å². The summed E-state index contributed by atoms with van der Waals surface area (Å²) in [4.78, 5) is 0. The van der Waals surface area contributed by atoms with Crippen molar-refractivity contribution in [3.05, 3.63) is 94.1 Å². The van der Waals surface area contributed by atoms with Crippen LogP contribution in [0.3, 0.4) is 0 Å². The van der Waals surface area contributed by atoms with Crippen LogP contribution in [0.15, 0.2) is 66.2 Å². The van der Waals surface area contributed by atoms with E-state index in [0.717, 1.165) is 45.3 Å². The van der Waals surface area contributed by atoms with Gasteiger partial charge in [-0.3, -0.25) is 0 Å². The number of fused-ring (bicyclic) bond motifs is 6. The smallest absolute Gasteiger partial charge is 0.150 e. The van der Waals surface area contributed by atoms with Crippen molar-refractivity contribution in [2.75, 3.05) is 20.8 Å². The molecule has 0 N–H and O–H groups in total. The molecule has 0 fully saturated rings. The minimum absolute atomic E-state index is 0.139. The zero-order valence-electron chi connectivity index (χ0n) is 17.4. The number of hydrogen-bond acceptors (Lipinski definition) is 4. The van der Waals surface area contributed by atoms with Crippen molar-refractivity contribution in [1.82, 2.24) is 0 Å². The molecule has 0 spiro atoms. The molecule has 3 aliphatic rings. The first-order valence-electron chi connectivity index (χ1n) is 10.4. The van der Waals surface area contributed by atoms with Gasteiger partial charge in [0.15, 0.2) is 0 Å². The molecular weight excluding hydrogens is 388 g/mol. The van der Waals surface area contributed by atoms with Crippen LogP contribution in [0, 0.1) is 0 Å². The van der Waals surface area contributed by atoms with Crippen molar-refractivity contribution < 1.29 is 18.9 Å². The highest BCUT2D eigenvalue weighted by Gasteiger charge is 2.34. The lowest BCUT2D eigenvalue weighted by Crippen LogP contribution is -2.17. The molecule has 4 nitrogen and oxygen atoms in total. The summed E-state index contributed by atoms with van der Waals surface area (Å²) in [6.45, 7) is 0.626. The number of hydrogen-bond donors (Lipinski definition) is 0. The lowest BCUT2D eigenvalue weighted by atomic mass is 9.86. The summed E-state index contributed by atoms with van der Waals surface area (Å²) in [7, 11) is 3.37. The van der Waals surface area contributed by atoms with E-state index in [2.05, 4.69) is 54.6 Å². The highest BCUT2D eigenvalue weighted by atomic mass is 16.5. The van der Waals surface area contributed by atoms with E-state index >= 15 is 0 Å². The predicted octanol–water partition coefficient (Wildman–Crippen LogP) is 5.77. The Bertz CT molecular complexity index is 1240. The number of ether oxygens (including phenoxy) is 4. The topological polar surface area (TPSA) is 36.9 Å². The van der Waals surface area contributed by atoms with Crippen LogP contribution < -0.4 is 18.9 Å². The molecule has 2 aliphatic heterocycles. The van der Waals surface area contributed by atoms with Gasteiger partial charge in [0.05, 0.1) is 26.4 Å². The molecule has 0 saturated carbocycles. The summed E-state index contributed by atoms with van der Waals surface area (Å²) in [6, 6.07) is 18.6. The molecule has 0 aromatic heterocycles. The Morgan fingerprint density at radius 2 is 1.65 bits per heavy atom. The van der Waals surface area contributed by atoms with Crippen molar-refractivity contribution in [3.63, 3.8) is 0 Å². The first kappa shape index (κ1) is 18.1. The summed E-state index contributed by atoms with van der Waals surface area (Å²) in [5.41, 5.74) is 6.85. The van der Waals surface area contributed by atoms with Gasteiger partial charge in [0.1, 0.15) is 29.1 Å². The molecule has 6 rings (SSSR count). The second-order valence-electron chi connectivity index (χ2n) is 8.00. The van der Waals surface area contributed by atoms with Crippen LogP contribution >= 0.6 is 0 Å². The summed E-state index contributed by atoms with van der Waals surface area (Å²) < 4.78 is 23.4. The molecule has 0 radical (unpaired) electrons. The second-order valence-corrected chi connectivity index (χ2v) is 8.00. The minimum Gasteiger partial charge on any atom is -0.497 e. The van der Waals surface area contributed by atoms with Crippen molar-refractivity contribution in [2.24, 2.45) is 0 Å². The summed E-state index contributed by atoms with van der Waals surface area (Å²) in [5, 5.41) is 0. The van der Waals surface area contributed by atoms with Crippen LogP contribution in [0.4, 0.5) is 0 Å². The minimum atomic E-state index is -0.139. The third-order valence-corrected chi connectivity index (χ3v) is 6.36. The molecular formula is C27H22O4. The van der Waals surface area contributed by atoms with Gasteiger partial charge in [0.2, 0.25) is 0 Å². The van der Waals surface area contributed by atoms with Gasteiger partial charge < -0.3 is 18.9 Å². The fourth-order valence-electron chi connectivity index (χ4n) is 4.70. The third kappa shape index (κ3) is 2.82. The van der Waals surface area contributed by atoms with E-state index in [1.165, 1.54) is 11.1 Å². The van der Waals surface area contributed by atoms with Crippen LogP contribution in [0.1, 0.15) is 39.8 Å². The molecule has 3 aromatic rings. The largest absolute Gasteiger partial charge is 0.497 e. The molecule has 2 heterocycles. The van der Waals surface area contributed by atoms with Crippen molar-refractivity contribution in [3.8, 4) is 23.0 Å². The van der Waals surface area contributed by atoms with Crippen LogP contribution in [-0.2, 0) is 0 Å². The van der Waals surface area contributed by atoms with Crippen LogP contribution in [0.25, 0.3) is 12.2 Å². The van der Waals surface area contributed by atoms with Crippen LogP contribution in [0.5, 0.6) is 23.0 Å². The normalized spacial score (nSPS) is 19.7. The Morgan fingerprint density at radius 3 is 2.45 bits per heavy atom. The average molecular weight is 410 g/mol. The molecule has 154 valence electrons. The van der Waals surface area contributed by atoms with E-state index in [1.54, 1.807) is 14.2 Å². The molecule has 0 saturated heterocycles. The lowest BCUT2D eigenvalue weighted by Gasteiger charge is -2.30. The summed E-state index contributed by atoms with van der Waals surface area (Å²) in [5.74, 6) is 3.68. The van der Waals surface area contributed by atoms with Gasteiger partial charge in [0, 0.05) is 17.0 Å². The molecule has 0 amide bonds. The van der Waals surface area contributed by atoms with Gasteiger partial charge >= 0.3 is 0 Å². The Labute approximate surface area is 181 Å². The van der Waals surface area contributed by atoms with Gasteiger partial charge in [-0.2, -0.15) is 0 Å². The van der Waals surface area contributed by atoms with Crippen molar-refractivity contribution >= 4 is 12.2 Å². The first-order valence-corrected chi connectivity index (χ1v) is 10.4.